The number of hydrogen-bond acceptors (Lipinski definition) is 3. The Labute approximate surface area is 176 Å². The summed E-state index contributed by atoms with van der Waals surface area (Å²) in [6, 6.07) is 15.6. The van der Waals surface area contributed by atoms with Crippen LogP contribution in [0.15, 0.2) is 48.5 Å². The Kier molecular flexibility index (Phi) is 6.16. The van der Waals surface area contributed by atoms with Gasteiger partial charge < -0.3 is 14.2 Å². The van der Waals surface area contributed by atoms with Crippen LogP contribution in [-0.4, -0.2) is 46.7 Å². The van der Waals surface area contributed by atoms with Crippen LogP contribution in [0, 0.1) is 0 Å². The number of rotatable bonds is 6. The molecule has 0 saturated carbocycles. The van der Waals surface area contributed by atoms with Crippen molar-refractivity contribution in [1.29, 1.82) is 0 Å². The zero-order valence-corrected chi connectivity index (χ0v) is 17.4. The maximum absolute atomic E-state index is 13.5. The molecule has 1 unspecified atom stereocenters. The second-order valence-corrected chi connectivity index (χ2v) is 7.87. The van der Waals surface area contributed by atoms with E-state index in [1.807, 2.05) is 47.4 Å². The number of nitrogens with zero attached hydrogens (tertiary/aromatic N) is 3. The zero-order chi connectivity index (χ0) is 20.2. The molecule has 2 heterocycles. The summed E-state index contributed by atoms with van der Waals surface area (Å²) >= 11 is 6.19. The molecule has 4 rings (SSSR count). The second kappa shape index (κ2) is 8.97. The first-order chi connectivity index (χ1) is 14.2. The lowest BCUT2D eigenvalue weighted by Crippen LogP contribution is -2.44. The number of ether oxygens (including phenoxy) is 1. The number of carbonyl (C=O) groups is 1. The van der Waals surface area contributed by atoms with Gasteiger partial charge in [-0.2, -0.15) is 0 Å². The van der Waals surface area contributed by atoms with E-state index in [2.05, 4.69) is 17.6 Å². The summed E-state index contributed by atoms with van der Waals surface area (Å²) in [4.78, 5) is 20.3. The highest BCUT2D eigenvalue weighted by Gasteiger charge is 2.29. The van der Waals surface area contributed by atoms with Gasteiger partial charge in [-0.25, -0.2) is 4.98 Å². The van der Waals surface area contributed by atoms with E-state index < -0.39 is 0 Å². The molecule has 1 aromatic heterocycles. The number of benzene rings is 2. The molecule has 6 heteroatoms. The van der Waals surface area contributed by atoms with Crippen LogP contribution in [-0.2, 0) is 16.0 Å². The van der Waals surface area contributed by atoms with Gasteiger partial charge in [0, 0.05) is 24.5 Å². The number of morpholine rings is 1. The van der Waals surface area contributed by atoms with E-state index in [9.17, 15) is 4.79 Å². The number of aromatic nitrogens is 2. The van der Waals surface area contributed by atoms with Gasteiger partial charge in [-0.15, -0.1) is 0 Å². The third kappa shape index (κ3) is 4.31. The molecule has 2 aromatic carbocycles. The summed E-state index contributed by atoms with van der Waals surface area (Å²) in [5.41, 5.74) is 3.01. The van der Waals surface area contributed by atoms with Crippen molar-refractivity contribution in [2.75, 3.05) is 26.3 Å². The van der Waals surface area contributed by atoms with Crippen LogP contribution in [0.4, 0.5) is 0 Å². The van der Waals surface area contributed by atoms with Gasteiger partial charge in [0.1, 0.15) is 11.9 Å². The van der Waals surface area contributed by atoms with Gasteiger partial charge in [-0.05, 0) is 36.2 Å². The number of amides is 1. The average Bonchev–Trinajstić information content (AvgIpc) is 3.10. The van der Waals surface area contributed by atoms with Gasteiger partial charge >= 0.3 is 0 Å². The van der Waals surface area contributed by atoms with Crippen molar-refractivity contribution in [3.8, 4) is 0 Å². The molecular weight excluding hydrogens is 386 g/mol. The molecule has 3 aromatic rings. The molecule has 0 radical (unpaired) electrons. The largest absolute Gasteiger partial charge is 0.378 e. The number of fused-ring (bicyclic) bond motifs is 1. The molecule has 1 aliphatic heterocycles. The van der Waals surface area contributed by atoms with Crippen LogP contribution >= 0.6 is 11.6 Å². The Balaban J connectivity index is 1.77. The lowest BCUT2D eigenvalue weighted by Gasteiger charge is -2.31. The van der Waals surface area contributed by atoms with Crippen LogP contribution in [0.25, 0.3) is 11.0 Å². The molecule has 0 bridgehead atoms. The van der Waals surface area contributed by atoms with E-state index >= 15 is 0 Å². The smallest absolute Gasteiger partial charge is 0.245 e. The van der Waals surface area contributed by atoms with Crippen molar-refractivity contribution >= 4 is 28.5 Å². The summed E-state index contributed by atoms with van der Waals surface area (Å²) in [5, 5.41) is 0.708. The summed E-state index contributed by atoms with van der Waals surface area (Å²) < 4.78 is 7.59. The van der Waals surface area contributed by atoms with Gasteiger partial charge in [0.2, 0.25) is 5.91 Å². The SMILES string of the molecule is CCCC(C(=O)N1CCOCC1)n1c(Cc2cccc(Cl)c2)nc2ccccc21. The van der Waals surface area contributed by atoms with Gasteiger partial charge in [0.15, 0.2) is 0 Å². The third-order valence-corrected chi connectivity index (χ3v) is 5.64. The molecular formula is C23H26ClN3O2. The second-order valence-electron chi connectivity index (χ2n) is 7.44. The molecule has 1 saturated heterocycles. The number of halogens is 1. The summed E-state index contributed by atoms with van der Waals surface area (Å²) in [6.45, 7) is 4.62. The van der Waals surface area contributed by atoms with Crippen molar-refractivity contribution < 1.29 is 9.53 Å². The maximum Gasteiger partial charge on any atom is 0.245 e. The molecule has 1 amide bonds. The van der Waals surface area contributed by atoms with E-state index in [1.165, 1.54) is 0 Å². The Hall–Kier alpha value is -2.37. The van der Waals surface area contributed by atoms with Crippen molar-refractivity contribution in [3.05, 3.63) is 64.9 Å². The number of imidazole rings is 1. The fourth-order valence-electron chi connectivity index (χ4n) is 4.03. The van der Waals surface area contributed by atoms with Crippen LogP contribution in [0.2, 0.25) is 5.02 Å². The van der Waals surface area contributed by atoms with Gasteiger partial charge in [-0.3, -0.25) is 4.79 Å². The maximum atomic E-state index is 13.5. The van der Waals surface area contributed by atoms with Gasteiger partial charge in [-0.1, -0.05) is 49.2 Å². The summed E-state index contributed by atoms with van der Waals surface area (Å²) in [6.07, 6.45) is 2.33. The normalized spacial score (nSPS) is 15.6. The van der Waals surface area contributed by atoms with Crippen LogP contribution in [0.3, 0.4) is 0 Å². The monoisotopic (exact) mass is 411 g/mol. The van der Waals surface area contributed by atoms with Crippen molar-refractivity contribution in [1.82, 2.24) is 14.5 Å². The molecule has 1 aliphatic rings. The quantitative estimate of drug-likeness (QED) is 0.600. The predicted octanol–water partition coefficient (Wildman–Crippen LogP) is 4.48. The lowest BCUT2D eigenvalue weighted by atomic mass is 10.1. The minimum Gasteiger partial charge on any atom is -0.378 e. The van der Waals surface area contributed by atoms with Crippen LogP contribution in [0.5, 0.6) is 0 Å². The Bertz CT molecular complexity index is 995. The van der Waals surface area contributed by atoms with Crippen molar-refractivity contribution in [2.24, 2.45) is 0 Å². The topological polar surface area (TPSA) is 47.4 Å². The first-order valence-electron chi connectivity index (χ1n) is 10.2. The predicted molar refractivity (Wildman–Crippen MR) is 115 cm³/mol. The molecule has 1 fully saturated rings. The summed E-state index contributed by atoms with van der Waals surface area (Å²) in [5.74, 6) is 1.05. The Morgan fingerprint density at radius 2 is 1.97 bits per heavy atom. The highest BCUT2D eigenvalue weighted by atomic mass is 35.5. The van der Waals surface area contributed by atoms with E-state index in [0.29, 0.717) is 37.7 Å². The first kappa shape index (κ1) is 19.9. The summed E-state index contributed by atoms with van der Waals surface area (Å²) in [7, 11) is 0. The van der Waals surface area contributed by atoms with Gasteiger partial charge in [0.05, 0.1) is 24.2 Å². The number of para-hydroxylation sites is 2. The van der Waals surface area contributed by atoms with E-state index in [-0.39, 0.29) is 11.9 Å². The van der Waals surface area contributed by atoms with Crippen LogP contribution in [0.1, 0.15) is 37.2 Å². The molecule has 0 aliphatic carbocycles. The molecule has 1 atom stereocenters. The number of carbonyl (C=O) groups excluding carboxylic acids is 1. The van der Waals surface area contributed by atoms with E-state index in [0.717, 1.165) is 35.3 Å². The van der Waals surface area contributed by atoms with Crippen LogP contribution < -0.4 is 0 Å². The highest BCUT2D eigenvalue weighted by molar-refractivity contribution is 6.30. The highest BCUT2D eigenvalue weighted by Crippen LogP contribution is 2.28. The molecule has 29 heavy (non-hydrogen) atoms. The molecule has 0 N–H and O–H groups in total. The fourth-order valence-corrected chi connectivity index (χ4v) is 4.24. The fraction of sp³-hybridized carbons (Fsp3) is 0.391. The molecule has 5 nitrogen and oxygen atoms in total. The lowest BCUT2D eigenvalue weighted by molar-refractivity contribution is -0.139. The standard InChI is InChI=1S/C23H26ClN3O2/c1-2-6-21(23(28)26-11-13-29-14-12-26)27-20-10-4-3-9-19(20)25-22(27)16-17-7-5-8-18(24)15-17/h3-5,7-10,15,21H,2,6,11-14,16H2,1H3. The molecule has 0 spiro atoms. The van der Waals surface area contributed by atoms with Crippen molar-refractivity contribution in [3.63, 3.8) is 0 Å². The zero-order valence-electron chi connectivity index (χ0n) is 16.7. The first-order valence-corrected chi connectivity index (χ1v) is 10.6. The minimum absolute atomic E-state index is 0.158. The van der Waals surface area contributed by atoms with E-state index in [4.69, 9.17) is 21.3 Å². The third-order valence-electron chi connectivity index (χ3n) is 5.40. The van der Waals surface area contributed by atoms with Gasteiger partial charge in [0.25, 0.3) is 0 Å². The molecule has 152 valence electrons. The Morgan fingerprint density at radius 1 is 1.17 bits per heavy atom. The van der Waals surface area contributed by atoms with E-state index in [1.54, 1.807) is 0 Å². The number of hydrogen-bond donors (Lipinski definition) is 0. The average molecular weight is 412 g/mol. The minimum atomic E-state index is -0.264. The Morgan fingerprint density at radius 3 is 2.72 bits per heavy atom. The van der Waals surface area contributed by atoms with Crippen molar-refractivity contribution in [2.45, 2.75) is 32.2 Å².